The average Bonchev–Trinajstić information content (AvgIpc) is 2.18. The van der Waals surface area contributed by atoms with Gasteiger partial charge in [-0.3, -0.25) is 4.79 Å². The molecular weight excluding hydrogens is 114 g/mol. The zero-order chi connectivity index (χ0) is 6.69. The second-order valence-corrected chi connectivity index (χ2v) is 2.32. The van der Waals surface area contributed by atoms with Crippen LogP contribution < -0.4 is 5.32 Å². The van der Waals surface area contributed by atoms with Gasteiger partial charge in [-0.15, -0.1) is 6.58 Å². The number of hydrogen-bond donors (Lipinski definition) is 1. The first-order chi connectivity index (χ1) is 4.34. The van der Waals surface area contributed by atoms with E-state index in [1.54, 1.807) is 6.08 Å². The van der Waals surface area contributed by atoms with Gasteiger partial charge in [0.25, 0.3) is 0 Å². The molecule has 1 N–H and O–H groups in total. The lowest BCUT2D eigenvalue weighted by molar-refractivity contribution is -0.119. The Balaban J connectivity index is 2.39. The van der Waals surface area contributed by atoms with Crippen molar-refractivity contribution in [2.45, 2.75) is 6.42 Å². The van der Waals surface area contributed by atoms with Gasteiger partial charge in [0.2, 0.25) is 0 Å². The summed E-state index contributed by atoms with van der Waals surface area (Å²) in [7, 11) is 0. The third-order valence-corrected chi connectivity index (χ3v) is 1.60. The maximum absolute atomic E-state index is 10.9. The standard InChI is InChI=1S/C7H11NO/c1-2-3-6-4-8-5-7(6)9/h2,6,8H,1,3-5H2/t6-/m0/s1. The van der Waals surface area contributed by atoms with Gasteiger partial charge in [-0.1, -0.05) is 6.08 Å². The SMILES string of the molecule is C=CC[C@H]1CNCC1=O. The van der Waals surface area contributed by atoms with Crippen LogP contribution in [0, 0.1) is 5.92 Å². The lowest BCUT2D eigenvalue weighted by Crippen LogP contribution is -2.09. The Labute approximate surface area is 54.9 Å². The highest BCUT2D eigenvalue weighted by Crippen LogP contribution is 2.07. The van der Waals surface area contributed by atoms with Crippen LogP contribution in [0.4, 0.5) is 0 Å². The maximum Gasteiger partial charge on any atom is 0.151 e. The Morgan fingerprint density at radius 1 is 1.89 bits per heavy atom. The van der Waals surface area contributed by atoms with E-state index in [4.69, 9.17) is 0 Å². The molecule has 9 heavy (non-hydrogen) atoms. The van der Waals surface area contributed by atoms with Crippen LogP contribution in [0.2, 0.25) is 0 Å². The summed E-state index contributed by atoms with van der Waals surface area (Å²) in [6.07, 6.45) is 2.63. The van der Waals surface area contributed by atoms with Crippen LogP contribution >= 0.6 is 0 Å². The zero-order valence-electron chi connectivity index (χ0n) is 5.39. The average molecular weight is 125 g/mol. The molecule has 1 saturated heterocycles. The highest BCUT2D eigenvalue weighted by atomic mass is 16.1. The lowest BCUT2D eigenvalue weighted by Gasteiger charge is -1.99. The summed E-state index contributed by atoms with van der Waals surface area (Å²) in [5.74, 6) is 0.539. The number of allylic oxidation sites excluding steroid dienone is 1. The summed E-state index contributed by atoms with van der Waals surface area (Å²) in [5, 5.41) is 3.01. The van der Waals surface area contributed by atoms with Crippen molar-refractivity contribution in [3.8, 4) is 0 Å². The Bertz CT molecular complexity index is 131. The first-order valence-electron chi connectivity index (χ1n) is 3.19. The fourth-order valence-corrected chi connectivity index (χ4v) is 1.04. The fraction of sp³-hybridized carbons (Fsp3) is 0.571. The van der Waals surface area contributed by atoms with Crippen LogP contribution in [0.15, 0.2) is 12.7 Å². The molecule has 0 spiro atoms. The first kappa shape index (κ1) is 6.49. The van der Waals surface area contributed by atoms with Crippen molar-refractivity contribution >= 4 is 5.78 Å². The summed E-state index contributed by atoms with van der Waals surface area (Å²) in [6.45, 7) is 4.97. The van der Waals surface area contributed by atoms with Crippen molar-refractivity contribution in [3.05, 3.63) is 12.7 Å². The number of nitrogens with one attached hydrogen (secondary N) is 1. The van der Waals surface area contributed by atoms with Crippen molar-refractivity contribution in [3.63, 3.8) is 0 Å². The molecule has 2 nitrogen and oxygen atoms in total. The van der Waals surface area contributed by atoms with E-state index in [0.717, 1.165) is 13.0 Å². The molecule has 0 unspecified atom stereocenters. The summed E-state index contributed by atoms with van der Waals surface area (Å²) in [6, 6.07) is 0. The molecule has 1 aliphatic heterocycles. The van der Waals surface area contributed by atoms with Gasteiger partial charge < -0.3 is 5.32 Å². The molecule has 0 bridgehead atoms. The van der Waals surface area contributed by atoms with Crippen molar-refractivity contribution in [2.24, 2.45) is 5.92 Å². The molecule has 50 valence electrons. The normalized spacial score (nSPS) is 26.7. The van der Waals surface area contributed by atoms with Crippen LogP contribution in [-0.2, 0) is 4.79 Å². The third kappa shape index (κ3) is 1.39. The second-order valence-electron chi connectivity index (χ2n) is 2.32. The number of Topliss-reactive ketones (excluding diaryl/α,β-unsaturated/α-hetero) is 1. The Morgan fingerprint density at radius 2 is 2.67 bits per heavy atom. The highest BCUT2D eigenvalue weighted by molar-refractivity contribution is 5.85. The number of carbonyl (C=O) groups is 1. The van der Waals surface area contributed by atoms with Crippen molar-refractivity contribution in [1.29, 1.82) is 0 Å². The predicted octanol–water partition coefficient (Wildman–Crippen LogP) is 0.351. The molecule has 0 radical (unpaired) electrons. The van der Waals surface area contributed by atoms with E-state index in [2.05, 4.69) is 11.9 Å². The fourth-order valence-electron chi connectivity index (χ4n) is 1.04. The van der Waals surface area contributed by atoms with E-state index in [-0.39, 0.29) is 5.92 Å². The lowest BCUT2D eigenvalue weighted by atomic mass is 10.0. The summed E-state index contributed by atoms with van der Waals surface area (Å²) < 4.78 is 0. The van der Waals surface area contributed by atoms with E-state index in [9.17, 15) is 4.79 Å². The van der Waals surface area contributed by atoms with Crippen LogP contribution in [-0.4, -0.2) is 18.9 Å². The van der Waals surface area contributed by atoms with Gasteiger partial charge in [-0.2, -0.15) is 0 Å². The Morgan fingerprint density at radius 3 is 3.11 bits per heavy atom. The van der Waals surface area contributed by atoms with Gasteiger partial charge in [0.1, 0.15) is 0 Å². The van der Waals surface area contributed by atoms with Crippen molar-refractivity contribution < 1.29 is 4.79 Å². The predicted molar refractivity (Wildman–Crippen MR) is 36.2 cm³/mol. The molecule has 0 aromatic rings. The Hall–Kier alpha value is -0.630. The monoisotopic (exact) mass is 125 g/mol. The molecule has 0 saturated carbocycles. The van der Waals surface area contributed by atoms with Crippen LogP contribution in [0.25, 0.3) is 0 Å². The summed E-state index contributed by atoms with van der Waals surface area (Å²) in [5.41, 5.74) is 0. The summed E-state index contributed by atoms with van der Waals surface area (Å²) in [4.78, 5) is 10.9. The molecule has 1 rings (SSSR count). The second kappa shape index (κ2) is 2.78. The van der Waals surface area contributed by atoms with E-state index in [0.29, 0.717) is 12.3 Å². The number of hydrogen-bond acceptors (Lipinski definition) is 2. The number of rotatable bonds is 2. The van der Waals surface area contributed by atoms with Gasteiger partial charge in [-0.25, -0.2) is 0 Å². The van der Waals surface area contributed by atoms with Crippen molar-refractivity contribution in [2.75, 3.05) is 13.1 Å². The first-order valence-corrected chi connectivity index (χ1v) is 3.19. The van der Waals surface area contributed by atoms with E-state index < -0.39 is 0 Å². The smallest absolute Gasteiger partial charge is 0.151 e. The molecule has 1 fully saturated rings. The topological polar surface area (TPSA) is 29.1 Å². The minimum Gasteiger partial charge on any atom is -0.309 e. The molecule has 0 aromatic carbocycles. The summed E-state index contributed by atoms with van der Waals surface area (Å²) >= 11 is 0. The van der Waals surface area contributed by atoms with Gasteiger partial charge >= 0.3 is 0 Å². The van der Waals surface area contributed by atoms with Crippen LogP contribution in [0.1, 0.15) is 6.42 Å². The zero-order valence-corrected chi connectivity index (χ0v) is 5.39. The van der Waals surface area contributed by atoms with Gasteiger partial charge in [0.15, 0.2) is 5.78 Å². The molecule has 1 atom stereocenters. The molecule has 1 aliphatic rings. The molecule has 2 heteroatoms. The van der Waals surface area contributed by atoms with E-state index >= 15 is 0 Å². The quantitative estimate of drug-likeness (QED) is 0.539. The maximum atomic E-state index is 10.9. The van der Waals surface area contributed by atoms with Gasteiger partial charge in [-0.05, 0) is 6.42 Å². The Kier molecular flexibility index (Phi) is 2.01. The molecule has 0 aliphatic carbocycles. The minimum absolute atomic E-state index is 0.211. The molecule has 1 heterocycles. The van der Waals surface area contributed by atoms with E-state index in [1.807, 2.05) is 0 Å². The van der Waals surface area contributed by atoms with Crippen LogP contribution in [0.3, 0.4) is 0 Å². The van der Waals surface area contributed by atoms with Gasteiger partial charge in [0, 0.05) is 12.5 Å². The largest absolute Gasteiger partial charge is 0.309 e. The molecule has 0 amide bonds. The molecular formula is C7H11NO. The van der Waals surface area contributed by atoms with E-state index in [1.165, 1.54) is 0 Å². The number of ketones is 1. The third-order valence-electron chi connectivity index (χ3n) is 1.60. The minimum atomic E-state index is 0.211. The molecule has 0 aromatic heterocycles. The highest BCUT2D eigenvalue weighted by Gasteiger charge is 2.21. The van der Waals surface area contributed by atoms with Crippen LogP contribution in [0.5, 0.6) is 0 Å². The van der Waals surface area contributed by atoms with Gasteiger partial charge in [0.05, 0.1) is 6.54 Å². The van der Waals surface area contributed by atoms with Crippen molar-refractivity contribution in [1.82, 2.24) is 5.32 Å². The number of carbonyl (C=O) groups excluding carboxylic acids is 1.